The summed E-state index contributed by atoms with van der Waals surface area (Å²) in [4.78, 5) is 0. The maximum atomic E-state index is 9.41. The number of aliphatic hydroxyl groups is 1. The lowest BCUT2D eigenvalue weighted by Gasteiger charge is -2.37. The van der Waals surface area contributed by atoms with E-state index in [9.17, 15) is 5.11 Å². The van der Waals surface area contributed by atoms with Crippen molar-refractivity contribution in [3.8, 4) is 0 Å². The molecular formula is C11H25N3O. The molecule has 0 heterocycles. The van der Waals surface area contributed by atoms with Crippen LogP contribution in [0.4, 0.5) is 0 Å². The molecule has 0 aliphatic heterocycles. The minimum Gasteiger partial charge on any atom is -0.392 e. The first-order valence-electron chi connectivity index (χ1n) is 5.93. The van der Waals surface area contributed by atoms with Gasteiger partial charge in [0.2, 0.25) is 0 Å². The van der Waals surface area contributed by atoms with Crippen LogP contribution in [0.2, 0.25) is 0 Å². The average Bonchev–Trinajstić information content (AvgIpc) is 2.15. The summed E-state index contributed by atoms with van der Waals surface area (Å²) in [6.07, 6.45) is 3.32. The van der Waals surface area contributed by atoms with Crippen LogP contribution in [0.3, 0.4) is 0 Å². The normalized spacial score (nSPS) is 39.0. The van der Waals surface area contributed by atoms with Gasteiger partial charge in [-0.25, -0.2) is 0 Å². The lowest BCUT2D eigenvalue weighted by Crippen LogP contribution is -2.48. The van der Waals surface area contributed by atoms with Gasteiger partial charge in [-0.15, -0.1) is 0 Å². The van der Waals surface area contributed by atoms with Crippen LogP contribution in [0.5, 0.6) is 0 Å². The second-order valence-electron chi connectivity index (χ2n) is 5.04. The van der Waals surface area contributed by atoms with Crippen molar-refractivity contribution in [2.75, 3.05) is 6.54 Å². The Kier molecular flexibility index (Phi) is 4.99. The van der Waals surface area contributed by atoms with Crippen molar-refractivity contribution >= 4 is 0 Å². The van der Waals surface area contributed by atoms with Crippen molar-refractivity contribution in [2.24, 2.45) is 29.0 Å². The van der Waals surface area contributed by atoms with Crippen LogP contribution in [0.15, 0.2) is 0 Å². The molecule has 4 nitrogen and oxygen atoms in total. The third-order valence-electron chi connectivity index (χ3n) is 3.55. The van der Waals surface area contributed by atoms with Crippen molar-refractivity contribution in [1.82, 2.24) is 0 Å². The molecule has 90 valence electrons. The largest absolute Gasteiger partial charge is 0.392 e. The van der Waals surface area contributed by atoms with E-state index in [4.69, 9.17) is 17.2 Å². The quantitative estimate of drug-likeness (QED) is 0.521. The first kappa shape index (κ1) is 12.9. The van der Waals surface area contributed by atoms with E-state index < -0.39 is 6.10 Å². The van der Waals surface area contributed by atoms with Crippen molar-refractivity contribution in [2.45, 2.75) is 50.8 Å². The summed E-state index contributed by atoms with van der Waals surface area (Å²) < 4.78 is 0. The molecule has 0 saturated heterocycles. The van der Waals surface area contributed by atoms with E-state index in [1.807, 2.05) is 0 Å². The van der Waals surface area contributed by atoms with Crippen LogP contribution in [0, 0.1) is 11.8 Å². The summed E-state index contributed by atoms with van der Waals surface area (Å²) in [5.41, 5.74) is 17.6. The fourth-order valence-corrected chi connectivity index (χ4v) is 2.62. The van der Waals surface area contributed by atoms with E-state index in [1.54, 1.807) is 0 Å². The Bertz CT molecular complexity index is 177. The zero-order valence-electron chi connectivity index (χ0n) is 9.60. The highest BCUT2D eigenvalue weighted by atomic mass is 16.3. The molecule has 0 bridgehead atoms. The molecule has 1 rings (SSSR count). The van der Waals surface area contributed by atoms with Gasteiger partial charge in [-0.3, -0.25) is 0 Å². The van der Waals surface area contributed by atoms with E-state index >= 15 is 0 Å². The molecule has 1 aliphatic rings. The molecule has 4 heteroatoms. The van der Waals surface area contributed by atoms with Crippen LogP contribution in [0.1, 0.15) is 32.6 Å². The average molecular weight is 215 g/mol. The van der Waals surface area contributed by atoms with Gasteiger partial charge < -0.3 is 22.3 Å². The molecule has 1 aliphatic carbocycles. The predicted molar refractivity (Wildman–Crippen MR) is 62.1 cm³/mol. The first-order chi connectivity index (χ1) is 7.04. The molecule has 3 unspecified atom stereocenters. The minimum absolute atomic E-state index is 0.189. The van der Waals surface area contributed by atoms with Gasteiger partial charge in [-0.2, -0.15) is 0 Å². The first-order valence-corrected chi connectivity index (χ1v) is 5.93. The second kappa shape index (κ2) is 5.80. The summed E-state index contributed by atoms with van der Waals surface area (Å²) in [6, 6.07) is 0.377. The topological polar surface area (TPSA) is 98.3 Å². The van der Waals surface area contributed by atoms with Crippen LogP contribution >= 0.6 is 0 Å². The third-order valence-corrected chi connectivity index (χ3v) is 3.55. The molecule has 0 radical (unpaired) electrons. The monoisotopic (exact) mass is 215 g/mol. The van der Waals surface area contributed by atoms with Gasteiger partial charge in [0, 0.05) is 18.6 Å². The van der Waals surface area contributed by atoms with Gasteiger partial charge in [-0.1, -0.05) is 6.92 Å². The molecule has 7 N–H and O–H groups in total. The third kappa shape index (κ3) is 3.72. The van der Waals surface area contributed by atoms with E-state index in [1.165, 1.54) is 0 Å². The SMILES string of the molecule is CC1CC(N)C(CCC(O)CN)C(N)C1. The number of nitrogens with two attached hydrogens (primary N) is 3. The summed E-state index contributed by atoms with van der Waals surface area (Å²) in [6.45, 7) is 2.53. The van der Waals surface area contributed by atoms with Gasteiger partial charge in [0.1, 0.15) is 0 Å². The fourth-order valence-electron chi connectivity index (χ4n) is 2.62. The lowest BCUT2D eigenvalue weighted by atomic mass is 9.74. The molecule has 0 aromatic rings. The number of hydrogen-bond donors (Lipinski definition) is 4. The Morgan fingerprint density at radius 1 is 1.27 bits per heavy atom. The number of aliphatic hydroxyl groups excluding tert-OH is 1. The van der Waals surface area contributed by atoms with Crippen molar-refractivity contribution < 1.29 is 5.11 Å². The lowest BCUT2D eigenvalue weighted by molar-refractivity contribution is 0.138. The van der Waals surface area contributed by atoms with E-state index in [2.05, 4.69) is 6.92 Å². The Hall–Kier alpha value is -0.160. The van der Waals surface area contributed by atoms with Crippen LogP contribution in [-0.4, -0.2) is 29.8 Å². The fraction of sp³-hybridized carbons (Fsp3) is 1.00. The van der Waals surface area contributed by atoms with Crippen molar-refractivity contribution in [3.05, 3.63) is 0 Å². The highest BCUT2D eigenvalue weighted by Crippen LogP contribution is 2.30. The van der Waals surface area contributed by atoms with E-state index in [0.717, 1.165) is 25.7 Å². The molecule has 1 fully saturated rings. The second-order valence-corrected chi connectivity index (χ2v) is 5.04. The van der Waals surface area contributed by atoms with Crippen LogP contribution in [0.25, 0.3) is 0 Å². The minimum atomic E-state index is -0.399. The molecule has 15 heavy (non-hydrogen) atoms. The molecule has 3 atom stereocenters. The molecule has 0 amide bonds. The van der Waals surface area contributed by atoms with Crippen molar-refractivity contribution in [1.29, 1.82) is 0 Å². The van der Waals surface area contributed by atoms with Gasteiger partial charge in [0.15, 0.2) is 0 Å². The molecule has 0 spiro atoms. The van der Waals surface area contributed by atoms with Crippen molar-refractivity contribution in [3.63, 3.8) is 0 Å². The van der Waals surface area contributed by atoms with Gasteiger partial charge >= 0.3 is 0 Å². The van der Waals surface area contributed by atoms with Crippen LogP contribution in [-0.2, 0) is 0 Å². The Morgan fingerprint density at radius 2 is 1.80 bits per heavy atom. The Labute approximate surface area is 92.2 Å². The van der Waals surface area contributed by atoms with Gasteiger partial charge in [0.25, 0.3) is 0 Å². The Morgan fingerprint density at radius 3 is 2.27 bits per heavy atom. The highest BCUT2D eigenvalue weighted by Gasteiger charge is 2.31. The molecule has 0 aromatic heterocycles. The predicted octanol–water partition coefficient (Wildman–Crippen LogP) is -0.213. The zero-order chi connectivity index (χ0) is 11.4. The summed E-state index contributed by atoms with van der Waals surface area (Å²) in [5, 5.41) is 9.41. The maximum Gasteiger partial charge on any atom is 0.0662 e. The Balaban J connectivity index is 2.39. The summed E-state index contributed by atoms with van der Waals surface area (Å²) >= 11 is 0. The smallest absolute Gasteiger partial charge is 0.0662 e. The number of hydrogen-bond acceptors (Lipinski definition) is 4. The number of rotatable bonds is 4. The maximum absolute atomic E-state index is 9.41. The summed E-state index contributed by atoms with van der Waals surface area (Å²) in [7, 11) is 0. The van der Waals surface area contributed by atoms with E-state index in [0.29, 0.717) is 18.4 Å². The van der Waals surface area contributed by atoms with Gasteiger partial charge in [0.05, 0.1) is 6.10 Å². The van der Waals surface area contributed by atoms with E-state index in [-0.39, 0.29) is 12.1 Å². The standard InChI is InChI=1S/C11H25N3O/c1-7-4-10(13)9(11(14)5-7)3-2-8(15)6-12/h7-11,15H,2-6,12-14H2,1H3. The van der Waals surface area contributed by atoms with Gasteiger partial charge in [-0.05, 0) is 37.5 Å². The molecule has 1 saturated carbocycles. The van der Waals surface area contributed by atoms with Crippen LogP contribution < -0.4 is 17.2 Å². The molecule has 0 aromatic carbocycles. The highest BCUT2D eigenvalue weighted by molar-refractivity contribution is 4.89. The molecular weight excluding hydrogens is 190 g/mol. The summed E-state index contributed by atoms with van der Waals surface area (Å²) in [5.74, 6) is 0.980. The zero-order valence-corrected chi connectivity index (χ0v) is 9.60.